The van der Waals surface area contributed by atoms with E-state index in [0.29, 0.717) is 0 Å². The van der Waals surface area contributed by atoms with Crippen molar-refractivity contribution < 1.29 is 19.7 Å². The highest BCUT2D eigenvalue weighted by molar-refractivity contribution is 5.79. The van der Waals surface area contributed by atoms with Gasteiger partial charge in [-0.05, 0) is 28.7 Å². The normalized spacial score (nSPS) is 14.3. The number of rotatable bonds is 7. The third-order valence-corrected chi connectivity index (χ3v) is 5.58. The molecule has 166 valence electrons. The predicted molar refractivity (Wildman–Crippen MR) is 116 cm³/mol. The zero-order chi connectivity index (χ0) is 22.7. The van der Waals surface area contributed by atoms with Crippen LogP contribution >= 0.6 is 0 Å². The number of ether oxygens (including phenoxy) is 1. The fraction of sp³-hybridized carbons (Fsp3) is 0.261. The maximum absolute atomic E-state index is 12.2. The summed E-state index contributed by atoms with van der Waals surface area (Å²) in [7, 11) is 0. The van der Waals surface area contributed by atoms with E-state index in [-0.39, 0.29) is 31.1 Å². The van der Waals surface area contributed by atoms with Gasteiger partial charge in [0.15, 0.2) is 0 Å². The van der Waals surface area contributed by atoms with Gasteiger partial charge in [0, 0.05) is 18.7 Å². The zero-order valence-corrected chi connectivity index (χ0v) is 17.1. The van der Waals surface area contributed by atoms with Gasteiger partial charge in [-0.3, -0.25) is 9.78 Å². The number of H-pyrrole nitrogens is 2. The number of aliphatic hydroxyl groups excluding tert-OH is 2. The number of benzene rings is 2. The average molecular weight is 437 g/mol. The van der Waals surface area contributed by atoms with Crippen molar-refractivity contribution in [3.05, 3.63) is 92.3 Å². The third kappa shape index (κ3) is 4.34. The Kier molecular flexibility index (Phi) is 6.20. The van der Waals surface area contributed by atoms with Gasteiger partial charge in [-0.15, -0.1) is 0 Å². The van der Waals surface area contributed by atoms with E-state index < -0.39 is 29.6 Å². The van der Waals surface area contributed by atoms with E-state index in [0.717, 1.165) is 28.5 Å². The Balaban J connectivity index is 1.30. The van der Waals surface area contributed by atoms with Crippen molar-refractivity contribution in [2.75, 3.05) is 13.2 Å². The van der Waals surface area contributed by atoms with E-state index in [2.05, 4.69) is 10.3 Å². The Morgan fingerprint density at radius 1 is 1.03 bits per heavy atom. The quantitative estimate of drug-likeness (QED) is 0.378. The highest BCUT2D eigenvalue weighted by Crippen LogP contribution is 2.44. The second kappa shape index (κ2) is 9.21. The molecule has 0 bridgehead atoms. The molecule has 2 aromatic carbocycles. The van der Waals surface area contributed by atoms with Gasteiger partial charge in [0.2, 0.25) is 0 Å². The van der Waals surface area contributed by atoms with Gasteiger partial charge in [0.05, 0.1) is 11.7 Å². The van der Waals surface area contributed by atoms with Crippen LogP contribution in [0.5, 0.6) is 0 Å². The van der Waals surface area contributed by atoms with Crippen molar-refractivity contribution in [2.24, 2.45) is 0 Å². The van der Waals surface area contributed by atoms with E-state index in [9.17, 15) is 24.6 Å². The first-order chi connectivity index (χ1) is 15.5. The van der Waals surface area contributed by atoms with Crippen LogP contribution in [0.25, 0.3) is 11.1 Å². The summed E-state index contributed by atoms with van der Waals surface area (Å²) in [6.07, 6.45) is -2.45. The first-order valence-electron chi connectivity index (χ1n) is 10.2. The van der Waals surface area contributed by atoms with Crippen molar-refractivity contribution in [3.8, 4) is 11.1 Å². The van der Waals surface area contributed by atoms with Gasteiger partial charge in [-0.1, -0.05) is 48.5 Å². The maximum Gasteiger partial charge on any atom is 0.407 e. The molecule has 0 radical (unpaired) electrons. The summed E-state index contributed by atoms with van der Waals surface area (Å²) in [4.78, 5) is 39.2. The number of nitrogens with one attached hydrogen (secondary N) is 3. The van der Waals surface area contributed by atoms with Crippen LogP contribution in [0.2, 0.25) is 0 Å². The molecule has 1 amide bonds. The molecule has 1 aliphatic rings. The van der Waals surface area contributed by atoms with Crippen LogP contribution in [0.1, 0.15) is 35.1 Å². The monoisotopic (exact) mass is 437 g/mol. The zero-order valence-electron chi connectivity index (χ0n) is 17.1. The van der Waals surface area contributed by atoms with E-state index in [1.165, 1.54) is 0 Å². The summed E-state index contributed by atoms with van der Waals surface area (Å²) in [6, 6.07) is 16.0. The highest BCUT2D eigenvalue weighted by Gasteiger charge is 2.29. The van der Waals surface area contributed by atoms with Crippen molar-refractivity contribution in [1.29, 1.82) is 0 Å². The Hall–Kier alpha value is -3.69. The Bertz CT molecular complexity index is 1190. The lowest BCUT2D eigenvalue weighted by atomic mass is 9.98. The highest BCUT2D eigenvalue weighted by atomic mass is 16.5. The lowest BCUT2D eigenvalue weighted by Gasteiger charge is -2.18. The smallest absolute Gasteiger partial charge is 0.407 e. The van der Waals surface area contributed by atoms with Crippen LogP contribution in [0.15, 0.2) is 64.3 Å². The molecule has 3 aromatic rings. The molecular weight excluding hydrogens is 414 g/mol. The number of aliphatic hydroxyl groups is 2. The second-order valence-electron chi connectivity index (χ2n) is 7.58. The molecule has 2 atom stereocenters. The first-order valence-corrected chi connectivity index (χ1v) is 10.2. The molecule has 2 unspecified atom stereocenters. The largest absolute Gasteiger partial charge is 0.449 e. The van der Waals surface area contributed by atoms with Crippen molar-refractivity contribution in [1.82, 2.24) is 15.3 Å². The molecule has 9 heteroatoms. The molecule has 0 saturated carbocycles. The number of amides is 1. The number of carbonyl (C=O) groups excluding carboxylic acids is 1. The average Bonchev–Trinajstić information content (AvgIpc) is 3.11. The van der Waals surface area contributed by atoms with Crippen molar-refractivity contribution in [3.63, 3.8) is 0 Å². The topological polar surface area (TPSA) is 145 Å². The number of hydrogen-bond donors (Lipinski definition) is 5. The van der Waals surface area contributed by atoms with Gasteiger partial charge in [0.25, 0.3) is 5.56 Å². The maximum atomic E-state index is 12.2. The van der Waals surface area contributed by atoms with Crippen molar-refractivity contribution >= 4 is 6.09 Å². The summed E-state index contributed by atoms with van der Waals surface area (Å²) in [5.74, 6) is -0.0625. The molecule has 0 spiro atoms. The molecule has 0 fully saturated rings. The van der Waals surface area contributed by atoms with Crippen molar-refractivity contribution in [2.45, 2.75) is 24.5 Å². The van der Waals surface area contributed by atoms with Gasteiger partial charge in [-0.2, -0.15) is 0 Å². The summed E-state index contributed by atoms with van der Waals surface area (Å²) in [6.45, 7) is 0.188. The summed E-state index contributed by atoms with van der Waals surface area (Å²) in [5, 5.41) is 22.8. The minimum atomic E-state index is -1.51. The number of alkyl carbamates (subject to hydrolysis) is 1. The second-order valence-corrected chi connectivity index (χ2v) is 7.58. The Morgan fingerprint density at radius 2 is 1.66 bits per heavy atom. The molecular formula is C23H23N3O6. The molecule has 0 saturated heterocycles. The Labute approximate surface area is 182 Å². The predicted octanol–water partition coefficient (Wildman–Crippen LogP) is 1.39. The van der Waals surface area contributed by atoms with Crippen LogP contribution in [-0.2, 0) is 4.74 Å². The molecule has 9 nitrogen and oxygen atoms in total. The van der Waals surface area contributed by atoms with E-state index in [4.69, 9.17) is 4.74 Å². The minimum absolute atomic E-state index is 0.0239. The van der Waals surface area contributed by atoms with E-state index >= 15 is 0 Å². The molecule has 5 N–H and O–H groups in total. The SMILES string of the molecule is O=C(NCCC(O)C(O)c1c[nH]c(=O)[nH]c1=O)OCC1c2ccccc2-c2ccccc21. The lowest BCUT2D eigenvalue weighted by Crippen LogP contribution is -2.33. The summed E-state index contributed by atoms with van der Waals surface area (Å²) < 4.78 is 5.41. The fourth-order valence-electron chi connectivity index (χ4n) is 3.98. The number of aromatic amines is 2. The van der Waals surface area contributed by atoms with Gasteiger partial charge < -0.3 is 25.3 Å². The third-order valence-electron chi connectivity index (χ3n) is 5.58. The minimum Gasteiger partial charge on any atom is -0.449 e. The van der Waals surface area contributed by atoms with Gasteiger partial charge in [0.1, 0.15) is 12.7 Å². The molecule has 4 rings (SSSR count). The van der Waals surface area contributed by atoms with E-state index in [1.807, 2.05) is 53.5 Å². The number of carbonyl (C=O) groups is 1. The molecule has 1 aliphatic carbocycles. The summed E-state index contributed by atoms with van der Waals surface area (Å²) in [5.41, 5.74) is 2.80. The standard InChI is InChI=1S/C23H23N3O6/c27-19(20(28)17-11-25-22(30)26-21(17)29)9-10-24-23(31)32-12-18-15-7-3-1-5-13(15)14-6-2-4-8-16(14)18/h1-8,11,18-20,27-28H,9-10,12H2,(H,24,31)(H2,25,26,29,30). The summed E-state index contributed by atoms with van der Waals surface area (Å²) >= 11 is 0. The molecule has 0 aliphatic heterocycles. The number of fused-ring (bicyclic) bond motifs is 3. The van der Waals surface area contributed by atoms with Crippen LogP contribution in [0, 0.1) is 0 Å². The van der Waals surface area contributed by atoms with Crippen LogP contribution in [0.4, 0.5) is 4.79 Å². The number of aromatic nitrogens is 2. The molecule has 1 aromatic heterocycles. The fourth-order valence-corrected chi connectivity index (χ4v) is 3.98. The Morgan fingerprint density at radius 3 is 2.28 bits per heavy atom. The lowest BCUT2D eigenvalue weighted by molar-refractivity contribution is 0.0126. The van der Waals surface area contributed by atoms with Crippen LogP contribution < -0.4 is 16.6 Å². The number of hydrogen-bond acceptors (Lipinski definition) is 6. The van der Waals surface area contributed by atoms with Gasteiger partial charge >= 0.3 is 11.8 Å². The first kappa shape index (κ1) is 21.5. The molecule has 1 heterocycles. The van der Waals surface area contributed by atoms with Gasteiger partial charge in [-0.25, -0.2) is 9.59 Å². The van der Waals surface area contributed by atoms with Crippen LogP contribution in [0.3, 0.4) is 0 Å². The van der Waals surface area contributed by atoms with Crippen LogP contribution in [-0.4, -0.2) is 45.5 Å². The molecule has 32 heavy (non-hydrogen) atoms. The van der Waals surface area contributed by atoms with E-state index in [1.54, 1.807) is 0 Å².